The normalized spacial score (nSPS) is 27.2. The Morgan fingerprint density at radius 1 is 0.882 bits per heavy atom. The van der Waals surface area contributed by atoms with E-state index in [9.17, 15) is 0 Å². The minimum Gasteiger partial charge on any atom is -0.0649 e. The first kappa shape index (κ1) is 15.1. The van der Waals surface area contributed by atoms with Gasteiger partial charge in [-0.05, 0) is 48.3 Å². The Labute approximate surface area is 110 Å². The van der Waals surface area contributed by atoms with E-state index in [4.69, 9.17) is 0 Å². The Kier molecular flexibility index (Phi) is 5.10. The SMILES string of the molecule is CCC(C)(C)CCC1CCC(C(C)(C)C)CC1. The molecule has 0 bridgehead atoms. The van der Waals surface area contributed by atoms with Crippen LogP contribution in [0.4, 0.5) is 0 Å². The Hall–Kier alpha value is 0. The van der Waals surface area contributed by atoms with Gasteiger partial charge in [0.05, 0.1) is 0 Å². The first-order chi connectivity index (χ1) is 7.74. The summed E-state index contributed by atoms with van der Waals surface area (Å²) in [5.74, 6) is 2.00. The highest BCUT2D eigenvalue weighted by Gasteiger charge is 2.30. The molecule has 0 heteroatoms. The van der Waals surface area contributed by atoms with Crippen molar-refractivity contribution in [3.05, 3.63) is 0 Å². The lowest BCUT2D eigenvalue weighted by Crippen LogP contribution is -2.26. The highest BCUT2D eigenvalue weighted by atomic mass is 14.4. The van der Waals surface area contributed by atoms with Crippen LogP contribution >= 0.6 is 0 Å². The molecule has 1 rings (SSSR count). The summed E-state index contributed by atoms with van der Waals surface area (Å²) in [5, 5.41) is 0. The number of hydrogen-bond acceptors (Lipinski definition) is 0. The quantitative estimate of drug-likeness (QED) is 0.559. The molecule has 1 fully saturated rings. The topological polar surface area (TPSA) is 0 Å². The molecular formula is C17H34. The molecule has 1 saturated carbocycles. The molecule has 0 saturated heterocycles. The average molecular weight is 238 g/mol. The zero-order chi connectivity index (χ0) is 13.1. The summed E-state index contributed by atoms with van der Waals surface area (Å²) in [6.45, 7) is 14.4. The maximum absolute atomic E-state index is 2.42. The lowest BCUT2D eigenvalue weighted by atomic mass is 9.68. The Morgan fingerprint density at radius 3 is 1.82 bits per heavy atom. The predicted molar refractivity (Wildman–Crippen MR) is 78.2 cm³/mol. The van der Waals surface area contributed by atoms with E-state index in [-0.39, 0.29) is 0 Å². The van der Waals surface area contributed by atoms with Crippen molar-refractivity contribution in [2.24, 2.45) is 22.7 Å². The van der Waals surface area contributed by atoms with Crippen LogP contribution in [0.1, 0.15) is 86.5 Å². The third kappa shape index (κ3) is 5.02. The standard InChI is InChI=1S/C17H34/c1-7-17(5,6)13-12-14-8-10-15(11-9-14)16(2,3)4/h14-15H,7-13H2,1-6H3. The predicted octanol–water partition coefficient (Wildman–Crippen LogP) is 6.06. The summed E-state index contributed by atoms with van der Waals surface area (Å²) in [6, 6.07) is 0. The summed E-state index contributed by atoms with van der Waals surface area (Å²) in [5.41, 5.74) is 1.11. The molecule has 0 amide bonds. The van der Waals surface area contributed by atoms with E-state index in [1.807, 2.05) is 0 Å². The molecule has 102 valence electrons. The summed E-state index contributed by atoms with van der Waals surface area (Å²) in [6.07, 6.45) is 10.1. The van der Waals surface area contributed by atoms with Crippen LogP contribution in [0.2, 0.25) is 0 Å². The molecule has 0 nitrogen and oxygen atoms in total. The molecule has 0 aliphatic heterocycles. The number of hydrogen-bond donors (Lipinski definition) is 0. The van der Waals surface area contributed by atoms with Crippen molar-refractivity contribution in [3.8, 4) is 0 Å². The second-order valence-corrected chi connectivity index (χ2v) is 8.14. The molecule has 0 atom stereocenters. The van der Waals surface area contributed by atoms with Gasteiger partial charge in [0, 0.05) is 0 Å². The van der Waals surface area contributed by atoms with E-state index < -0.39 is 0 Å². The number of rotatable bonds is 4. The molecule has 0 aromatic carbocycles. The maximum atomic E-state index is 2.42. The molecule has 0 unspecified atom stereocenters. The van der Waals surface area contributed by atoms with E-state index in [1.54, 1.807) is 0 Å². The minimum absolute atomic E-state index is 0.535. The van der Waals surface area contributed by atoms with E-state index in [0.717, 1.165) is 11.8 Å². The van der Waals surface area contributed by atoms with Crippen LogP contribution in [0.15, 0.2) is 0 Å². The second-order valence-electron chi connectivity index (χ2n) is 8.14. The summed E-state index contributed by atoms with van der Waals surface area (Å²) in [4.78, 5) is 0. The van der Waals surface area contributed by atoms with Gasteiger partial charge in [0.15, 0.2) is 0 Å². The average Bonchev–Trinajstić information content (AvgIpc) is 2.26. The summed E-state index contributed by atoms with van der Waals surface area (Å²) < 4.78 is 0. The van der Waals surface area contributed by atoms with Gasteiger partial charge in [-0.2, -0.15) is 0 Å². The van der Waals surface area contributed by atoms with Gasteiger partial charge >= 0.3 is 0 Å². The van der Waals surface area contributed by atoms with Crippen molar-refractivity contribution in [2.75, 3.05) is 0 Å². The van der Waals surface area contributed by atoms with E-state index in [0.29, 0.717) is 10.8 Å². The molecule has 0 aromatic heterocycles. The maximum Gasteiger partial charge on any atom is -0.0354 e. The molecule has 0 N–H and O–H groups in total. The molecule has 0 heterocycles. The molecule has 0 aromatic rings. The van der Waals surface area contributed by atoms with Gasteiger partial charge in [0.25, 0.3) is 0 Å². The van der Waals surface area contributed by atoms with Crippen molar-refractivity contribution >= 4 is 0 Å². The Bertz CT molecular complexity index is 211. The van der Waals surface area contributed by atoms with Crippen LogP contribution in [0.25, 0.3) is 0 Å². The molecular weight excluding hydrogens is 204 g/mol. The first-order valence-electron chi connectivity index (χ1n) is 7.74. The van der Waals surface area contributed by atoms with E-state index in [2.05, 4.69) is 41.5 Å². The van der Waals surface area contributed by atoms with Crippen molar-refractivity contribution < 1.29 is 0 Å². The van der Waals surface area contributed by atoms with Crippen molar-refractivity contribution in [3.63, 3.8) is 0 Å². The third-order valence-electron chi connectivity index (χ3n) is 5.26. The van der Waals surface area contributed by atoms with Gasteiger partial charge < -0.3 is 0 Å². The fraction of sp³-hybridized carbons (Fsp3) is 1.00. The van der Waals surface area contributed by atoms with Crippen LogP contribution in [0.3, 0.4) is 0 Å². The second kappa shape index (κ2) is 5.76. The molecule has 1 aliphatic rings. The Morgan fingerprint density at radius 2 is 1.41 bits per heavy atom. The summed E-state index contributed by atoms with van der Waals surface area (Å²) >= 11 is 0. The highest BCUT2D eigenvalue weighted by molar-refractivity contribution is 4.81. The smallest absolute Gasteiger partial charge is 0.0354 e. The van der Waals surface area contributed by atoms with Crippen LogP contribution in [-0.4, -0.2) is 0 Å². The Balaban J connectivity index is 2.29. The largest absolute Gasteiger partial charge is 0.0649 e. The molecule has 1 aliphatic carbocycles. The monoisotopic (exact) mass is 238 g/mol. The zero-order valence-electron chi connectivity index (χ0n) is 13.1. The van der Waals surface area contributed by atoms with Gasteiger partial charge in [-0.25, -0.2) is 0 Å². The lowest BCUT2D eigenvalue weighted by molar-refractivity contribution is 0.138. The van der Waals surface area contributed by atoms with Gasteiger partial charge in [-0.1, -0.05) is 60.8 Å². The van der Waals surface area contributed by atoms with Crippen LogP contribution in [0, 0.1) is 22.7 Å². The molecule has 0 spiro atoms. The zero-order valence-corrected chi connectivity index (χ0v) is 13.1. The van der Waals surface area contributed by atoms with Gasteiger partial charge in [-0.15, -0.1) is 0 Å². The molecule has 17 heavy (non-hydrogen) atoms. The lowest BCUT2D eigenvalue weighted by Gasteiger charge is -2.37. The van der Waals surface area contributed by atoms with Gasteiger partial charge in [0.1, 0.15) is 0 Å². The van der Waals surface area contributed by atoms with Crippen molar-refractivity contribution in [1.82, 2.24) is 0 Å². The van der Waals surface area contributed by atoms with E-state index in [1.165, 1.54) is 44.9 Å². The van der Waals surface area contributed by atoms with Crippen LogP contribution in [0.5, 0.6) is 0 Å². The van der Waals surface area contributed by atoms with Crippen molar-refractivity contribution in [1.29, 1.82) is 0 Å². The third-order valence-corrected chi connectivity index (χ3v) is 5.26. The highest BCUT2D eigenvalue weighted by Crippen LogP contribution is 2.42. The van der Waals surface area contributed by atoms with Crippen LogP contribution < -0.4 is 0 Å². The molecule has 0 radical (unpaired) electrons. The fourth-order valence-electron chi connectivity index (χ4n) is 3.09. The summed E-state index contributed by atoms with van der Waals surface area (Å²) in [7, 11) is 0. The fourth-order valence-corrected chi connectivity index (χ4v) is 3.09. The van der Waals surface area contributed by atoms with E-state index >= 15 is 0 Å². The van der Waals surface area contributed by atoms with Crippen LogP contribution in [-0.2, 0) is 0 Å². The first-order valence-corrected chi connectivity index (χ1v) is 7.74. The van der Waals surface area contributed by atoms with Gasteiger partial charge in [0.2, 0.25) is 0 Å². The minimum atomic E-state index is 0.535. The van der Waals surface area contributed by atoms with Gasteiger partial charge in [-0.3, -0.25) is 0 Å². The van der Waals surface area contributed by atoms with Crippen molar-refractivity contribution in [2.45, 2.75) is 86.5 Å².